The molecule has 0 aliphatic heterocycles. The van der Waals surface area contributed by atoms with Crippen LogP contribution in [0.25, 0.3) is 11.5 Å². The third-order valence-corrected chi connectivity index (χ3v) is 2.62. The molecule has 2 rings (SSSR count). The normalized spacial score (nSPS) is 10.6. The van der Waals surface area contributed by atoms with Crippen molar-refractivity contribution in [2.24, 2.45) is 0 Å². The average molecular weight is 254 g/mol. The number of carbonyl (C=O) groups is 1. The van der Waals surface area contributed by atoms with Gasteiger partial charge in [0.2, 0.25) is 5.89 Å². The summed E-state index contributed by atoms with van der Waals surface area (Å²) in [6.45, 7) is 2.97. The lowest BCUT2D eigenvalue weighted by molar-refractivity contribution is 0.101. The number of carbonyl (C=O) groups excluding carboxylic acids is 1. The quantitative estimate of drug-likeness (QED) is 0.768. The first kappa shape index (κ1) is 11.8. The number of halogens is 2. The maximum Gasteiger partial charge on any atom is 0.231 e. The van der Waals surface area contributed by atoms with Crippen LogP contribution in [0.5, 0.6) is 0 Å². The van der Waals surface area contributed by atoms with Gasteiger partial charge in [0, 0.05) is 6.92 Å². The molecular weight excluding hydrogens is 245 g/mol. The van der Waals surface area contributed by atoms with Crippen LogP contribution >= 0.6 is 11.6 Å². The molecule has 0 spiro atoms. The summed E-state index contributed by atoms with van der Waals surface area (Å²) in [5.74, 6) is -0.388. The molecule has 88 valence electrons. The lowest BCUT2D eigenvalue weighted by atomic mass is 10.2. The molecule has 2 aromatic rings. The van der Waals surface area contributed by atoms with Crippen LogP contribution in [0.4, 0.5) is 4.39 Å². The maximum absolute atomic E-state index is 13.6. The van der Waals surface area contributed by atoms with Crippen LogP contribution < -0.4 is 0 Å². The molecule has 1 aromatic heterocycles. The lowest BCUT2D eigenvalue weighted by Crippen LogP contribution is -1.94. The van der Waals surface area contributed by atoms with Crippen LogP contribution in [0, 0.1) is 12.7 Å². The van der Waals surface area contributed by atoms with E-state index in [0.717, 1.165) is 0 Å². The van der Waals surface area contributed by atoms with Crippen LogP contribution in [0.2, 0.25) is 5.02 Å². The number of rotatable bonds is 2. The van der Waals surface area contributed by atoms with Crippen LogP contribution in [0.1, 0.15) is 23.2 Å². The molecule has 0 aliphatic carbocycles. The van der Waals surface area contributed by atoms with E-state index in [-0.39, 0.29) is 28.0 Å². The number of hydrogen-bond donors (Lipinski definition) is 0. The number of hydrogen-bond acceptors (Lipinski definition) is 3. The van der Waals surface area contributed by atoms with Gasteiger partial charge in [-0.25, -0.2) is 9.37 Å². The van der Waals surface area contributed by atoms with Gasteiger partial charge in [-0.05, 0) is 19.1 Å². The summed E-state index contributed by atoms with van der Waals surface area (Å²) in [5, 5.41) is 0.196. The molecule has 0 fully saturated rings. The molecule has 0 N–H and O–H groups in total. The molecule has 1 heterocycles. The minimum atomic E-state index is -0.533. The Bertz CT molecular complexity index is 572. The molecular formula is C12H9ClFNO2. The third-order valence-electron chi connectivity index (χ3n) is 2.31. The summed E-state index contributed by atoms with van der Waals surface area (Å²) >= 11 is 5.88. The highest BCUT2D eigenvalue weighted by Crippen LogP contribution is 2.31. The van der Waals surface area contributed by atoms with Crippen LogP contribution in [-0.2, 0) is 0 Å². The first-order valence-corrected chi connectivity index (χ1v) is 5.31. The molecule has 5 heteroatoms. The number of oxazole rings is 1. The number of aryl methyl sites for hydroxylation is 1. The molecule has 0 aliphatic rings. The highest BCUT2D eigenvalue weighted by Gasteiger charge is 2.19. The number of aromatic nitrogens is 1. The standard InChI is InChI=1S/C12H9ClFNO2/c1-6(16)11-7(2)17-12(15-11)10-8(13)4-3-5-9(10)14/h3-5H,1-2H3. The summed E-state index contributed by atoms with van der Waals surface area (Å²) in [6.07, 6.45) is 0. The highest BCUT2D eigenvalue weighted by molar-refractivity contribution is 6.33. The molecule has 0 radical (unpaired) electrons. The van der Waals surface area contributed by atoms with Crippen LogP contribution in [0.15, 0.2) is 22.6 Å². The third kappa shape index (κ3) is 2.08. The second kappa shape index (κ2) is 4.30. The Balaban J connectivity index is 2.62. The van der Waals surface area contributed by atoms with Crippen molar-refractivity contribution in [3.8, 4) is 11.5 Å². The molecule has 0 atom stereocenters. The molecule has 17 heavy (non-hydrogen) atoms. The Morgan fingerprint density at radius 2 is 2.18 bits per heavy atom. The van der Waals surface area contributed by atoms with Crippen LogP contribution in [0.3, 0.4) is 0 Å². The number of nitrogens with zero attached hydrogens (tertiary/aromatic N) is 1. The zero-order valence-electron chi connectivity index (χ0n) is 9.25. The van der Waals surface area contributed by atoms with Crippen molar-refractivity contribution in [3.63, 3.8) is 0 Å². The van der Waals surface area contributed by atoms with Crippen molar-refractivity contribution in [1.82, 2.24) is 4.98 Å². The average Bonchev–Trinajstić information content (AvgIpc) is 2.60. The van der Waals surface area contributed by atoms with Crippen molar-refractivity contribution in [3.05, 3.63) is 40.5 Å². The van der Waals surface area contributed by atoms with E-state index in [2.05, 4.69) is 4.98 Å². The van der Waals surface area contributed by atoms with Crippen molar-refractivity contribution < 1.29 is 13.6 Å². The fraction of sp³-hybridized carbons (Fsp3) is 0.167. The molecule has 0 bridgehead atoms. The van der Waals surface area contributed by atoms with Gasteiger partial charge in [-0.15, -0.1) is 0 Å². The molecule has 1 aromatic carbocycles. The summed E-state index contributed by atoms with van der Waals surface area (Å²) in [6, 6.07) is 4.28. The van der Waals surface area contributed by atoms with Gasteiger partial charge in [-0.1, -0.05) is 17.7 Å². The van der Waals surface area contributed by atoms with Gasteiger partial charge in [0.25, 0.3) is 0 Å². The zero-order valence-corrected chi connectivity index (χ0v) is 10.0. The van der Waals surface area contributed by atoms with E-state index in [1.54, 1.807) is 6.92 Å². The van der Waals surface area contributed by atoms with Crippen molar-refractivity contribution in [1.29, 1.82) is 0 Å². The minimum absolute atomic E-state index is 0.0239. The molecule has 3 nitrogen and oxygen atoms in total. The first-order chi connectivity index (χ1) is 8.00. The predicted molar refractivity (Wildman–Crippen MR) is 61.6 cm³/mol. The largest absolute Gasteiger partial charge is 0.441 e. The Kier molecular flexibility index (Phi) is 2.98. The van der Waals surface area contributed by atoms with Gasteiger partial charge in [0.15, 0.2) is 5.78 Å². The molecule has 0 saturated heterocycles. The second-order valence-electron chi connectivity index (χ2n) is 3.58. The van der Waals surface area contributed by atoms with Gasteiger partial charge >= 0.3 is 0 Å². The Hall–Kier alpha value is -1.68. The number of Topliss-reactive ketones (excluding diaryl/α,β-unsaturated/α-hetero) is 1. The van der Waals surface area contributed by atoms with Crippen molar-refractivity contribution in [2.75, 3.05) is 0 Å². The summed E-state index contributed by atoms with van der Waals surface area (Å²) in [7, 11) is 0. The van der Waals surface area contributed by atoms with Gasteiger partial charge < -0.3 is 4.42 Å². The Morgan fingerprint density at radius 3 is 2.71 bits per heavy atom. The van der Waals surface area contributed by atoms with E-state index in [1.807, 2.05) is 0 Å². The van der Waals surface area contributed by atoms with Gasteiger partial charge in [-0.2, -0.15) is 0 Å². The van der Waals surface area contributed by atoms with E-state index in [0.29, 0.717) is 5.76 Å². The topological polar surface area (TPSA) is 43.1 Å². The Morgan fingerprint density at radius 1 is 1.47 bits per heavy atom. The second-order valence-corrected chi connectivity index (χ2v) is 3.98. The SMILES string of the molecule is CC(=O)c1nc(-c2c(F)cccc2Cl)oc1C. The van der Waals surface area contributed by atoms with Crippen molar-refractivity contribution >= 4 is 17.4 Å². The summed E-state index contributed by atoms with van der Waals surface area (Å²) in [5.41, 5.74) is 0.268. The van der Waals surface area contributed by atoms with Crippen molar-refractivity contribution in [2.45, 2.75) is 13.8 Å². The van der Waals surface area contributed by atoms with Gasteiger partial charge in [0.05, 0.1) is 10.6 Å². The minimum Gasteiger partial charge on any atom is -0.441 e. The van der Waals surface area contributed by atoms with E-state index in [4.69, 9.17) is 16.0 Å². The van der Waals surface area contributed by atoms with Gasteiger partial charge in [-0.3, -0.25) is 4.79 Å². The highest BCUT2D eigenvalue weighted by atomic mass is 35.5. The number of ketones is 1. The monoisotopic (exact) mass is 253 g/mol. The fourth-order valence-corrected chi connectivity index (χ4v) is 1.78. The molecule has 0 unspecified atom stereocenters. The van der Waals surface area contributed by atoms with E-state index in [9.17, 15) is 9.18 Å². The van der Waals surface area contributed by atoms with Crippen LogP contribution in [-0.4, -0.2) is 10.8 Å². The first-order valence-electron chi connectivity index (χ1n) is 4.93. The smallest absolute Gasteiger partial charge is 0.231 e. The molecule has 0 saturated carbocycles. The van der Waals surface area contributed by atoms with E-state index >= 15 is 0 Å². The summed E-state index contributed by atoms with van der Waals surface area (Å²) < 4.78 is 18.9. The van der Waals surface area contributed by atoms with Gasteiger partial charge in [0.1, 0.15) is 17.3 Å². The Labute approximate surface area is 102 Å². The fourth-order valence-electron chi connectivity index (χ4n) is 1.53. The number of benzene rings is 1. The molecule has 0 amide bonds. The predicted octanol–water partition coefficient (Wildman–Crippen LogP) is 3.65. The van der Waals surface area contributed by atoms with E-state index in [1.165, 1.54) is 25.1 Å². The van der Waals surface area contributed by atoms with E-state index < -0.39 is 5.82 Å². The summed E-state index contributed by atoms with van der Waals surface area (Å²) in [4.78, 5) is 15.2. The lowest BCUT2D eigenvalue weighted by Gasteiger charge is -2.00. The maximum atomic E-state index is 13.6. The zero-order chi connectivity index (χ0) is 12.6.